The molecular formula is C26H21F4N7O4. The van der Waals surface area contributed by atoms with Crippen LogP contribution >= 0.6 is 0 Å². The SMILES string of the molecule is COc1ccc(-n2nc(-c3ccc(Oc4ccnc5[nH]c(=O)n(C(C)C)c45)c(F)c3)c(C(N)=O)c2C(F)(F)F)nc1. The highest BCUT2D eigenvalue weighted by molar-refractivity contribution is 6.00. The number of fused-ring (bicyclic) bond motifs is 1. The number of carbonyl (C=O) groups is 1. The molecule has 0 bridgehead atoms. The number of H-pyrrole nitrogens is 1. The number of hydrogen-bond donors (Lipinski definition) is 2. The Morgan fingerprint density at radius 3 is 2.44 bits per heavy atom. The van der Waals surface area contributed by atoms with Crippen LogP contribution in [0.25, 0.3) is 28.2 Å². The number of nitrogens with zero attached hydrogens (tertiary/aromatic N) is 5. The fourth-order valence-corrected chi connectivity index (χ4v) is 4.35. The molecule has 0 fully saturated rings. The maximum absolute atomic E-state index is 15.4. The molecule has 3 N–H and O–H groups in total. The van der Waals surface area contributed by atoms with Crippen LogP contribution < -0.4 is 20.9 Å². The largest absolute Gasteiger partial charge is 0.495 e. The number of rotatable bonds is 7. The fourth-order valence-electron chi connectivity index (χ4n) is 4.35. The Morgan fingerprint density at radius 2 is 1.85 bits per heavy atom. The zero-order chi connectivity index (χ0) is 29.6. The molecule has 0 saturated heterocycles. The van der Waals surface area contributed by atoms with Crippen molar-refractivity contribution in [2.24, 2.45) is 5.73 Å². The van der Waals surface area contributed by atoms with Crippen molar-refractivity contribution in [3.05, 3.63) is 76.4 Å². The van der Waals surface area contributed by atoms with Gasteiger partial charge in [0.25, 0.3) is 5.91 Å². The van der Waals surface area contributed by atoms with E-state index in [0.717, 1.165) is 12.1 Å². The lowest BCUT2D eigenvalue weighted by atomic mass is 10.0. The molecule has 1 aromatic carbocycles. The fraction of sp³-hybridized carbons (Fsp3) is 0.192. The number of ether oxygens (including phenoxy) is 2. The van der Waals surface area contributed by atoms with Crippen LogP contribution in [0.15, 0.2) is 53.6 Å². The second-order valence-electron chi connectivity index (χ2n) is 9.05. The first kappa shape index (κ1) is 27.4. The number of halogens is 4. The van der Waals surface area contributed by atoms with E-state index in [-0.39, 0.29) is 40.3 Å². The summed E-state index contributed by atoms with van der Waals surface area (Å²) in [6, 6.07) is 6.97. The van der Waals surface area contributed by atoms with Gasteiger partial charge in [0.2, 0.25) is 0 Å². The Kier molecular flexibility index (Phi) is 6.72. The molecule has 4 heterocycles. The standard InChI is InChI=1S/C26H21F4N7O4/c1-12(2)36-21-17(8-9-32-24(21)34-25(36)39)41-16-6-4-13(10-15(16)27)20-19(23(31)38)22(26(28,29)30)37(35-20)18-7-5-14(40-3)11-33-18/h4-12H,1-3H3,(H2,31,38)(H,32,34,39). The molecule has 11 nitrogen and oxygen atoms in total. The number of benzene rings is 1. The molecule has 0 saturated carbocycles. The third-order valence-electron chi connectivity index (χ3n) is 6.09. The minimum Gasteiger partial charge on any atom is -0.495 e. The predicted octanol–water partition coefficient (Wildman–Crippen LogP) is 4.61. The number of aromatic nitrogens is 6. The monoisotopic (exact) mass is 571 g/mol. The molecule has 0 aliphatic carbocycles. The van der Waals surface area contributed by atoms with Crippen molar-refractivity contribution in [3.8, 4) is 34.3 Å². The van der Waals surface area contributed by atoms with Gasteiger partial charge in [-0.05, 0) is 44.2 Å². The molecular weight excluding hydrogens is 550 g/mol. The van der Waals surface area contributed by atoms with Crippen LogP contribution in [0.5, 0.6) is 17.2 Å². The van der Waals surface area contributed by atoms with Crippen LogP contribution in [0, 0.1) is 5.82 Å². The van der Waals surface area contributed by atoms with Crippen LogP contribution in [0.3, 0.4) is 0 Å². The quantitative estimate of drug-likeness (QED) is 0.272. The minimum absolute atomic E-state index is 0.112. The number of methoxy groups -OCH3 is 1. The first-order valence-corrected chi connectivity index (χ1v) is 12.0. The number of alkyl halides is 3. The molecule has 0 radical (unpaired) electrons. The van der Waals surface area contributed by atoms with Gasteiger partial charge in [0, 0.05) is 23.9 Å². The molecule has 4 aromatic heterocycles. The Labute approximate surface area is 228 Å². The van der Waals surface area contributed by atoms with Crippen molar-refractivity contribution in [1.29, 1.82) is 0 Å². The molecule has 5 aromatic rings. The highest BCUT2D eigenvalue weighted by Gasteiger charge is 2.43. The van der Waals surface area contributed by atoms with Gasteiger partial charge in [0.05, 0.1) is 18.9 Å². The maximum Gasteiger partial charge on any atom is 0.434 e. The normalized spacial score (nSPS) is 11.8. The van der Waals surface area contributed by atoms with E-state index in [1.807, 2.05) is 0 Å². The van der Waals surface area contributed by atoms with Gasteiger partial charge in [-0.25, -0.2) is 23.8 Å². The van der Waals surface area contributed by atoms with Crippen molar-refractivity contribution in [1.82, 2.24) is 29.3 Å². The van der Waals surface area contributed by atoms with Gasteiger partial charge in [-0.3, -0.25) is 14.3 Å². The van der Waals surface area contributed by atoms with Crippen LogP contribution in [-0.4, -0.2) is 42.3 Å². The summed E-state index contributed by atoms with van der Waals surface area (Å²) in [6.45, 7) is 3.54. The summed E-state index contributed by atoms with van der Waals surface area (Å²) in [5.74, 6) is -2.61. The second kappa shape index (κ2) is 10.1. The maximum atomic E-state index is 15.4. The molecule has 0 spiro atoms. The lowest BCUT2D eigenvalue weighted by Crippen LogP contribution is -2.21. The van der Waals surface area contributed by atoms with Crippen molar-refractivity contribution < 1.29 is 31.8 Å². The van der Waals surface area contributed by atoms with E-state index < -0.39 is 40.5 Å². The zero-order valence-corrected chi connectivity index (χ0v) is 21.7. The summed E-state index contributed by atoms with van der Waals surface area (Å²) < 4.78 is 70.5. The molecule has 5 rings (SSSR count). The number of pyridine rings is 2. The van der Waals surface area contributed by atoms with E-state index in [0.29, 0.717) is 10.2 Å². The Bertz CT molecular complexity index is 1840. The molecule has 1 amide bonds. The summed E-state index contributed by atoms with van der Waals surface area (Å²) in [5, 5.41) is 3.96. The van der Waals surface area contributed by atoms with Gasteiger partial charge in [-0.15, -0.1) is 0 Å². The number of primary amides is 1. The number of hydrogen-bond acceptors (Lipinski definition) is 7. The molecule has 0 aliphatic heterocycles. The third-order valence-corrected chi connectivity index (χ3v) is 6.09. The van der Waals surface area contributed by atoms with Crippen LogP contribution in [0.1, 0.15) is 35.9 Å². The summed E-state index contributed by atoms with van der Waals surface area (Å²) in [7, 11) is 1.36. The first-order chi connectivity index (χ1) is 19.4. The van der Waals surface area contributed by atoms with Crippen molar-refractivity contribution in [2.45, 2.75) is 26.1 Å². The van der Waals surface area contributed by atoms with Crippen molar-refractivity contribution in [3.63, 3.8) is 0 Å². The Morgan fingerprint density at radius 1 is 1.10 bits per heavy atom. The smallest absolute Gasteiger partial charge is 0.434 e. The number of nitrogens with one attached hydrogen (secondary N) is 1. The second-order valence-corrected chi connectivity index (χ2v) is 9.05. The van der Waals surface area contributed by atoms with Crippen molar-refractivity contribution >= 4 is 17.1 Å². The van der Waals surface area contributed by atoms with Gasteiger partial charge in [0.15, 0.2) is 34.5 Å². The molecule has 0 atom stereocenters. The Hall–Kier alpha value is -5.21. The van der Waals surface area contributed by atoms with Gasteiger partial charge < -0.3 is 15.2 Å². The van der Waals surface area contributed by atoms with E-state index in [4.69, 9.17) is 15.2 Å². The van der Waals surface area contributed by atoms with Gasteiger partial charge in [0.1, 0.15) is 17.0 Å². The number of imidazole rings is 1. The van der Waals surface area contributed by atoms with E-state index in [2.05, 4.69) is 20.1 Å². The first-order valence-electron chi connectivity index (χ1n) is 12.0. The van der Waals surface area contributed by atoms with E-state index in [9.17, 15) is 22.8 Å². The van der Waals surface area contributed by atoms with Gasteiger partial charge in [-0.2, -0.15) is 18.3 Å². The Balaban J connectivity index is 1.62. The summed E-state index contributed by atoms with van der Waals surface area (Å²) in [4.78, 5) is 35.3. The summed E-state index contributed by atoms with van der Waals surface area (Å²) in [6.07, 6.45) is -2.54. The lowest BCUT2D eigenvalue weighted by molar-refractivity contribution is -0.143. The third kappa shape index (κ3) is 4.85. The van der Waals surface area contributed by atoms with Crippen LogP contribution in [-0.2, 0) is 6.18 Å². The minimum atomic E-state index is -5.08. The molecule has 0 unspecified atom stereocenters. The molecule has 15 heteroatoms. The number of aromatic amines is 1. The molecule has 41 heavy (non-hydrogen) atoms. The van der Waals surface area contributed by atoms with Crippen LogP contribution in [0.2, 0.25) is 0 Å². The number of amides is 1. The zero-order valence-electron chi connectivity index (χ0n) is 21.7. The highest BCUT2D eigenvalue weighted by Crippen LogP contribution is 2.39. The topological polar surface area (TPSA) is 143 Å². The lowest BCUT2D eigenvalue weighted by Gasteiger charge is -2.12. The number of carbonyl (C=O) groups excluding carboxylic acids is 1. The molecule has 0 aliphatic rings. The van der Waals surface area contributed by atoms with Crippen LogP contribution in [0.4, 0.5) is 17.6 Å². The molecule has 212 valence electrons. The van der Waals surface area contributed by atoms with Gasteiger partial charge >= 0.3 is 11.9 Å². The highest BCUT2D eigenvalue weighted by atomic mass is 19.4. The summed E-state index contributed by atoms with van der Waals surface area (Å²) in [5.41, 5.74) is 2.32. The number of nitrogens with two attached hydrogens (primary N) is 1. The summed E-state index contributed by atoms with van der Waals surface area (Å²) >= 11 is 0. The average Bonchev–Trinajstić information content (AvgIpc) is 3.49. The van der Waals surface area contributed by atoms with E-state index >= 15 is 4.39 Å². The van der Waals surface area contributed by atoms with E-state index in [1.54, 1.807) is 13.8 Å². The van der Waals surface area contributed by atoms with Crippen molar-refractivity contribution in [2.75, 3.05) is 7.11 Å². The predicted molar refractivity (Wildman–Crippen MR) is 138 cm³/mol. The van der Waals surface area contributed by atoms with E-state index in [1.165, 1.54) is 48.3 Å². The van der Waals surface area contributed by atoms with Gasteiger partial charge in [-0.1, -0.05) is 0 Å². The average molecular weight is 571 g/mol.